The van der Waals surface area contributed by atoms with Crippen molar-refractivity contribution in [3.8, 4) is 20.9 Å². The quantitative estimate of drug-likeness (QED) is 0.0424. The molecule has 5 amide bonds. The van der Waals surface area contributed by atoms with E-state index in [-0.39, 0.29) is 71.0 Å². The number of rotatable bonds is 20. The van der Waals surface area contributed by atoms with Crippen LogP contribution in [0.5, 0.6) is 0 Å². The Morgan fingerprint density at radius 2 is 1.54 bits per heavy atom. The van der Waals surface area contributed by atoms with Crippen LogP contribution in [0.3, 0.4) is 0 Å². The minimum Gasteiger partial charge on any atom is -0.397 e. The average molecular weight is 926 g/mol. The van der Waals surface area contributed by atoms with Gasteiger partial charge in [0, 0.05) is 35.6 Å². The number of hydrogen-bond acceptors (Lipinski definition) is 13. The fourth-order valence-corrected chi connectivity index (χ4v) is 8.54. The Bertz CT molecular complexity index is 2400. The molecule has 0 aliphatic carbocycles. The molecule has 1 saturated heterocycles. The number of nitrogen functional groups attached to an aromatic ring is 1. The van der Waals surface area contributed by atoms with Gasteiger partial charge in [-0.1, -0.05) is 57.2 Å². The van der Waals surface area contributed by atoms with Crippen LogP contribution >= 0.6 is 22.7 Å². The molecule has 3 heterocycles. The van der Waals surface area contributed by atoms with Gasteiger partial charge in [0.05, 0.1) is 60.0 Å². The van der Waals surface area contributed by atoms with Crippen molar-refractivity contribution < 1.29 is 43.3 Å². The molecule has 0 saturated carbocycles. The summed E-state index contributed by atoms with van der Waals surface area (Å²) in [5.74, 6) is -2.12. The lowest BCUT2D eigenvalue weighted by Crippen LogP contribution is -2.58. The first-order valence-electron chi connectivity index (χ1n) is 21.1. The Morgan fingerprint density at radius 1 is 0.862 bits per heavy atom. The number of carbonyl (C=O) groups excluding carboxylic acids is 5. The second-order valence-corrected chi connectivity index (χ2v) is 18.3. The first kappa shape index (κ1) is 48.4. The number of thiophene rings is 1. The molecule has 6 rings (SSSR count). The summed E-state index contributed by atoms with van der Waals surface area (Å²) >= 11 is 3.15. The SMILES string of the molecule is Cc1ncsc1-c1ccc(CNC(=O)C2CC(O)CN2C(=O)C(NC(=O)COCCOCCOCC(=O)Nc2ccc(C(=O)Nc3cc(-c4cccs4)ccc3N)cc2)C(C)(C)C)cc1. The lowest BCUT2D eigenvalue weighted by atomic mass is 9.85. The number of aliphatic hydroxyl groups is 1. The van der Waals surface area contributed by atoms with Gasteiger partial charge in [-0.15, -0.1) is 22.7 Å². The highest BCUT2D eigenvalue weighted by Crippen LogP contribution is 2.31. The molecule has 0 spiro atoms. The molecule has 1 aliphatic heterocycles. The molecule has 65 heavy (non-hydrogen) atoms. The number of aliphatic hydroxyl groups excluding tert-OH is 1. The number of nitrogens with zero attached hydrogens (tertiary/aromatic N) is 2. The number of ether oxygens (including phenoxy) is 3. The number of nitrogens with one attached hydrogen (secondary N) is 4. The number of thiazole rings is 1. The normalized spacial score (nSPS) is 15.3. The van der Waals surface area contributed by atoms with Crippen LogP contribution in [0.4, 0.5) is 17.1 Å². The van der Waals surface area contributed by atoms with Gasteiger partial charge in [0.25, 0.3) is 5.91 Å². The number of benzene rings is 3. The molecular weight excluding hydrogens is 871 g/mol. The first-order chi connectivity index (χ1) is 31.2. The van der Waals surface area contributed by atoms with Crippen LogP contribution in [0.1, 0.15) is 48.8 Å². The first-order valence-corrected chi connectivity index (χ1v) is 22.8. The molecule has 1 aliphatic rings. The maximum absolute atomic E-state index is 13.9. The fraction of sp³-hybridized carbons (Fsp3) is 0.362. The van der Waals surface area contributed by atoms with E-state index in [1.165, 1.54) is 4.90 Å². The summed E-state index contributed by atoms with van der Waals surface area (Å²) < 4.78 is 16.4. The summed E-state index contributed by atoms with van der Waals surface area (Å²) in [5.41, 5.74) is 12.8. The van der Waals surface area contributed by atoms with Crippen molar-refractivity contribution in [2.45, 2.75) is 58.8 Å². The van der Waals surface area contributed by atoms with Crippen LogP contribution in [0.25, 0.3) is 20.9 Å². The van der Waals surface area contributed by atoms with Crippen molar-refractivity contribution in [2.24, 2.45) is 5.41 Å². The molecule has 3 atom stereocenters. The van der Waals surface area contributed by atoms with Gasteiger partial charge in [0.2, 0.25) is 23.6 Å². The molecule has 18 heteroatoms. The van der Waals surface area contributed by atoms with Crippen molar-refractivity contribution in [2.75, 3.05) is 62.6 Å². The van der Waals surface area contributed by atoms with Crippen LogP contribution in [-0.4, -0.2) is 109 Å². The summed E-state index contributed by atoms with van der Waals surface area (Å²) in [6, 6.07) is 21.8. The number of carbonyl (C=O) groups is 5. The summed E-state index contributed by atoms with van der Waals surface area (Å²) in [6.07, 6.45) is -0.812. The van der Waals surface area contributed by atoms with E-state index < -0.39 is 41.3 Å². The third kappa shape index (κ3) is 13.7. The van der Waals surface area contributed by atoms with Gasteiger partial charge < -0.3 is 51.2 Å². The molecule has 1 fully saturated rings. The van der Waals surface area contributed by atoms with E-state index in [2.05, 4.69) is 26.3 Å². The Kier molecular flexibility index (Phi) is 16.9. The average Bonchev–Trinajstić information content (AvgIpc) is 4.07. The summed E-state index contributed by atoms with van der Waals surface area (Å²) in [7, 11) is 0. The summed E-state index contributed by atoms with van der Waals surface area (Å²) in [4.78, 5) is 73.4. The molecular formula is C47H55N7O9S2. The highest BCUT2D eigenvalue weighted by Gasteiger charge is 2.44. The molecule has 3 unspecified atom stereocenters. The Morgan fingerprint density at radius 3 is 2.18 bits per heavy atom. The van der Waals surface area contributed by atoms with Gasteiger partial charge in [-0.05, 0) is 76.9 Å². The zero-order chi connectivity index (χ0) is 46.5. The van der Waals surface area contributed by atoms with Gasteiger partial charge >= 0.3 is 0 Å². The Labute approximate surface area is 385 Å². The van der Waals surface area contributed by atoms with Gasteiger partial charge in [0.1, 0.15) is 25.3 Å². The standard InChI is InChI=1S/C47H55N7O9S2/c1-29-42(65-28-50-29)31-9-7-30(8-10-31)24-49-45(59)38-23-35(55)25-54(38)46(60)43(47(2,3)4)53-41(57)27-63-20-18-61-17-19-62-26-40(56)51-34-14-11-32(12-15-34)44(58)52-37-22-33(13-16-36(37)48)39-6-5-21-64-39/h5-16,21-22,28,35,38,43,55H,17-20,23-27,48H2,1-4H3,(H,49,59)(H,51,56)(H,52,58)(H,53,57). The zero-order valence-corrected chi connectivity index (χ0v) is 38.4. The number of aryl methyl sites for hydroxylation is 1. The third-order valence-electron chi connectivity index (χ3n) is 10.5. The predicted octanol–water partition coefficient (Wildman–Crippen LogP) is 5.48. The van der Waals surface area contributed by atoms with Gasteiger partial charge in [-0.3, -0.25) is 24.0 Å². The van der Waals surface area contributed by atoms with Crippen LogP contribution in [-0.2, 0) is 39.9 Å². The van der Waals surface area contributed by atoms with Crippen molar-refractivity contribution in [1.82, 2.24) is 20.5 Å². The van der Waals surface area contributed by atoms with E-state index in [0.717, 1.165) is 32.1 Å². The summed E-state index contributed by atoms with van der Waals surface area (Å²) in [6.45, 7) is 7.55. The van der Waals surface area contributed by atoms with E-state index in [1.807, 2.05) is 60.8 Å². The van der Waals surface area contributed by atoms with Crippen molar-refractivity contribution in [1.29, 1.82) is 0 Å². The number of nitrogens with two attached hydrogens (primary N) is 1. The molecule has 7 N–H and O–H groups in total. The van der Waals surface area contributed by atoms with Crippen LogP contribution in [0, 0.1) is 12.3 Å². The maximum atomic E-state index is 13.9. The second-order valence-electron chi connectivity index (χ2n) is 16.5. The number of amides is 5. The second kappa shape index (κ2) is 22.7. The van der Waals surface area contributed by atoms with Crippen LogP contribution in [0.15, 0.2) is 89.8 Å². The highest BCUT2D eigenvalue weighted by atomic mass is 32.1. The molecule has 2 aromatic heterocycles. The predicted molar refractivity (Wildman–Crippen MR) is 251 cm³/mol. The lowest BCUT2D eigenvalue weighted by Gasteiger charge is -2.35. The Balaban J connectivity index is 0.848. The van der Waals surface area contributed by atoms with E-state index in [0.29, 0.717) is 22.6 Å². The number of likely N-dealkylation sites (tertiary alicyclic amines) is 1. The van der Waals surface area contributed by atoms with E-state index in [9.17, 15) is 29.1 Å². The number of hydrogen-bond donors (Lipinski definition) is 6. The molecule has 0 bridgehead atoms. The third-order valence-corrected chi connectivity index (χ3v) is 12.4. The monoisotopic (exact) mass is 925 g/mol. The van der Waals surface area contributed by atoms with Gasteiger partial charge in [0.15, 0.2) is 0 Å². The Hall–Kier alpha value is -6.02. The van der Waals surface area contributed by atoms with E-state index >= 15 is 0 Å². The molecule has 5 aromatic rings. The van der Waals surface area contributed by atoms with Crippen LogP contribution < -0.4 is 27.0 Å². The van der Waals surface area contributed by atoms with Gasteiger partial charge in [-0.25, -0.2) is 4.98 Å². The molecule has 16 nitrogen and oxygen atoms in total. The smallest absolute Gasteiger partial charge is 0.255 e. The number of β-amino-alcohol motifs (C(OH)–C–C–N with tert-alkyl or cyclic N) is 1. The molecule has 344 valence electrons. The number of anilines is 3. The van der Waals surface area contributed by atoms with E-state index in [1.54, 1.807) is 79.3 Å². The van der Waals surface area contributed by atoms with Gasteiger partial charge in [-0.2, -0.15) is 0 Å². The van der Waals surface area contributed by atoms with Crippen LogP contribution in [0.2, 0.25) is 0 Å². The number of aromatic nitrogens is 1. The van der Waals surface area contributed by atoms with E-state index in [4.69, 9.17) is 19.9 Å². The minimum atomic E-state index is -0.996. The lowest BCUT2D eigenvalue weighted by molar-refractivity contribution is -0.144. The largest absolute Gasteiger partial charge is 0.397 e. The molecule has 3 aromatic carbocycles. The zero-order valence-electron chi connectivity index (χ0n) is 36.8. The molecule has 0 radical (unpaired) electrons. The minimum absolute atomic E-state index is 0.0374. The fourth-order valence-electron chi connectivity index (χ4n) is 7.01. The maximum Gasteiger partial charge on any atom is 0.255 e. The highest BCUT2D eigenvalue weighted by molar-refractivity contribution is 7.13. The summed E-state index contributed by atoms with van der Waals surface area (Å²) in [5, 5.41) is 23.7. The van der Waals surface area contributed by atoms with Crippen molar-refractivity contribution in [3.05, 3.63) is 107 Å². The van der Waals surface area contributed by atoms with Crippen molar-refractivity contribution in [3.63, 3.8) is 0 Å². The topological polar surface area (TPSA) is 224 Å². The van der Waals surface area contributed by atoms with Crippen molar-refractivity contribution >= 4 is 69.3 Å².